The van der Waals surface area contributed by atoms with Crippen molar-refractivity contribution in [1.29, 1.82) is 0 Å². The summed E-state index contributed by atoms with van der Waals surface area (Å²) < 4.78 is 3.78. The zero-order valence-corrected chi connectivity index (χ0v) is 14.0. The van der Waals surface area contributed by atoms with Gasteiger partial charge in [0.25, 0.3) is 5.91 Å². The molecular formula is C15H18N6OS. The van der Waals surface area contributed by atoms with Crippen molar-refractivity contribution < 1.29 is 4.79 Å². The Kier molecular flexibility index (Phi) is 3.29. The smallest absolute Gasteiger partial charge is 0.267 e. The van der Waals surface area contributed by atoms with Crippen LogP contribution < -0.4 is 4.90 Å². The second kappa shape index (κ2) is 5.23. The van der Waals surface area contributed by atoms with Gasteiger partial charge in [-0.2, -0.15) is 0 Å². The molecule has 2 aromatic heterocycles. The van der Waals surface area contributed by atoms with Crippen LogP contribution in [0.15, 0.2) is 18.5 Å². The molecule has 2 aromatic rings. The molecule has 0 N–H and O–H groups in total. The minimum Gasteiger partial charge on any atom is -0.340 e. The quantitative estimate of drug-likeness (QED) is 0.824. The van der Waals surface area contributed by atoms with Crippen LogP contribution in [0.3, 0.4) is 0 Å². The first-order chi connectivity index (χ1) is 11.0. The molecule has 23 heavy (non-hydrogen) atoms. The van der Waals surface area contributed by atoms with Crippen molar-refractivity contribution in [3.05, 3.63) is 29.0 Å². The predicted octanol–water partition coefficient (Wildman–Crippen LogP) is 1.24. The third-order valence-corrected chi connectivity index (χ3v) is 5.55. The van der Waals surface area contributed by atoms with Crippen LogP contribution in [0.25, 0.3) is 0 Å². The summed E-state index contributed by atoms with van der Waals surface area (Å²) in [6, 6.07) is 1.91. The molecule has 2 atom stereocenters. The molecule has 2 saturated heterocycles. The van der Waals surface area contributed by atoms with Gasteiger partial charge in [0.15, 0.2) is 0 Å². The van der Waals surface area contributed by atoms with Crippen LogP contribution in [0.2, 0.25) is 0 Å². The summed E-state index contributed by atoms with van der Waals surface area (Å²) in [6.45, 7) is 7.54. The van der Waals surface area contributed by atoms with Gasteiger partial charge in [-0.1, -0.05) is 11.4 Å². The highest BCUT2D eigenvalue weighted by atomic mass is 32.1. The fourth-order valence-corrected chi connectivity index (χ4v) is 4.14. The number of carbonyl (C=O) groups is 1. The van der Waals surface area contributed by atoms with E-state index < -0.39 is 0 Å². The number of carbonyl (C=O) groups excluding carboxylic acids is 1. The van der Waals surface area contributed by atoms with E-state index in [1.807, 2.05) is 17.9 Å². The SMILES string of the molecule is Cc1ccnc(N2C[C@@H]3CN(C(=O)c4cnns4)C[C@]3(C)C2)n1. The van der Waals surface area contributed by atoms with Crippen molar-refractivity contribution in [3.63, 3.8) is 0 Å². The summed E-state index contributed by atoms with van der Waals surface area (Å²) in [4.78, 5) is 26.2. The Morgan fingerprint density at radius 3 is 2.96 bits per heavy atom. The molecule has 120 valence electrons. The van der Waals surface area contributed by atoms with Gasteiger partial charge in [0, 0.05) is 49.4 Å². The Morgan fingerprint density at radius 1 is 1.39 bits per heavy atom. The highest BCUT2D eigenvalue weighted by molar-refractivity contribution is 7.07. The molecule has 1 amide bonds. The summed E-state index contributed by atoms with van der Waals surface area (Å²) in [5.74, 6) is 1.29. The number of aryl methyl sites for hydroxylation is 1. The average molecular weight is 330 g/mol. The largest absolute Gasteiger partial charge is 0.340 e. The molecule has 2 fully saturated rings. The molecule has 2 aliphatic rings. The number of amides is 1. The molecule has 0 radical (unpaired) electrons. The maximum absolute atomic E-state index is 12.5. The van der Waals surface area contributed by atoms with Crippen molar-refractivity contribution >= 4 is 23.4 Å². The number of hydrogen-bond acceptors (Lipinski definition) is 7. The predicted molar refractivity (Wildman–Crippen MR) is 86.4 cm³/mol. The van der Waals surface area contributed by atoms with Crippen LogP contribution in [-0.4, -0.2) is 56.5 Å². The van der Waals surface area contributed by atoms with Gasteiger partial charge in [-0.15, -0.1) is 5.10 Å². The minimum absolute atomic E-state index is 0.0500. The molecule has 8 heteroatoms. The van der Waals surface area contributed by atoms with Crippen LogP contribution in [0.5, 0.6) is 0 Å². The van der Waals surface area contributed by atoms with Crippen molar-refractivity contribution in [1.82, 2.24) is 24.5 Å². The van der Waals surface area contributed by atoms with E-state index in [9.17, 15) is 4.79 Å². The number of fused-ring (bicyclic) bond motifs is 1. The van der Waals surface area contributed by atoms with Crippen molar-refractivity contribution in [2.45, 2.75) is 13.8 Å². The van der Waals surface area contributed by atoms with E-state index in [0.29, 0.717) is 10.8 Å². The van der Waals surface area contributed by atoms with Crippen LogP contribution in [-0.2, 0) is 0 Å². The molecule has 4 rings (SSSR count). The lowest BCUT2D eigenvalue weighted by atomic mass is 9.83. The van der Waals surface area contributed by atoms with Gasteiger partial charge in [0.1, 0.15) is 4.88 Å². The molecule has 0 spiro atoms. The highest BCUT2D eigenvalue weighted by Gasteiger charge is 2.51. The molecule has 0 bridgehead atoms. The second-order valence-electron chi connectivity index (χ2n) is 6.70. The number of rotatable bonds is 2. The molecule has 2 aliphatic heterocycles. The lowest BCUT2D eigenvalue weighted by molar-refractivity contribution is 0.0779. The molecular weight excluding hydrogens is 312 g/mol. The van der Waals surface area contributed by atoms with Crippen molar-refractivity contribution in [2.75, 3.05) is 31.1 Å². The number of nitrogens with zero attached hydrogens (tertiary/aromatic N) is 6. The van der Waals surface area contributed by atoms with Crippen molar-refractivity contribution in [2.24, 2.45) is 11.3 Å². The minimum atomic E-state index is 0.0500. The summed E-state index contributed by atoms with van der Waals surface area (Å²) >= 11 is 1.16. The molecule has 4 heterocycles. The van der Waals surface area contributed by atoms with Gasteiger partial charge in [-0.05, 0) is 24.5 Å². The average Bonchev–Trinajstić information content (AvgIpc) is 3.20. The third kappa shape index (κ3) is 2.46. The van der Waals surface area contributed by atoms with Gasteiger partial charge in [0.05, 0.1) is 6.20 Å². The van der Waals surface area contributed by atoms with Gasteiger partial charge in [0.2, 0.25) is 5.95 Å². The summed E-state index contributed by atoms with van der Waals surface area (Å²) in [6.07, 6.45) is 3.36. The lowest BCUT2D eigenvalue weighted by Gasteiger charge is -2.25. The van der Waals surface area contributed by atoms with E-state index >= 15 is 0 Å². The van der Waals surface area contributed by atoms with E-state index in [1.165, 1.54) is 0 Å². The summed E-state index contributed by atoms with van der Waals surface area (Å²) in [5.41, 5.74) is 1.06. The Balaban J connectivity index is 1.49. The lowest BCUT2D eigenvalue weighted by Crippen LogP contribution is -2.35. The topological polar surface area (TPSA) is 75.1 Å². The van der Waals surface area contributed by atoms with Crippen LogP contribution in [0.1, 0.15) is 22.3 Å². The highest BCUT2D eigenvalue weighted by Crippen LogP contribution is 2.43. The third-order valence-electron chi connectivity index (χ3n) is 4.90. The van der Waals surface area contributed by atoms with E-state index in [2.05, 4.69) is 31.4 Å². The first-order valence-electron chi connectivity index (χ1n) is 7.66. The van der Waals surface area contributed by atoms with E-state index in [-0.39, 0.29) is 11.3 Å². The standard InChI is InChI=1S/C15H18N6OS/c1-10-3-4-16-14(18-10)21-7-11-6-20(8-15(11,2)9-21)13(22)12-5-17-19-23-12/h3-5,11H,6-9H2,1-2H3/t11-,15+/m0/s1. The molecule has 0 aliphatic carbocycles. The van der Waals surface area contributed by atoms with Gasteiger partial charge in [-0.25, -0.2) is 9.97 Å². The van der Waals surface area contributed by atoms with Crippen LogP contribution in [0, 0.1) is 18.3 Å². The normalized spacial score (nSPS) is 26.6. The fraction of sp³-hybridized carbons (Fsp3) is 0.533. The summed E-state index contributed by atoms with van der Waals surface area (Å²) in [5, 5.41) is 3.76. The van der Waals surface area contributed by atoms with Gasteiger partial charge in [-0.3, -0.25) is 4.79 Å². The van der Waals surface area contributed by atoms with Crippen molar-refractivity contribution in [3.8, 4) is 0 Å². The maximum atomic E-state index is 12.5. The van der Waals surface area contributed by atoms with Gasteiger partial charge < -0.3 is 9.80 Å². The van der Waals surface area contributed by atoms with Crippen LogP contribution in [0.4, 0.5) is 5.95 Å². The summed E-state index contributed by atoms with van der Waals surface area (Å²) in [7, 11) is 0. The fourth-order valence-electron chi connectivity index (χ4n) is 3.65. The first kappa shape index (κ1) is 14.5. The Labute approximate surface area is 138 Å². The van der Waals surface area contributed by atoms with E-state index in [0.717, 1.165) is 49.4 Å². The number of aromatic nitrogens is 4. The maximum Gasteiger partial charge on any atom is 0.267 e. The Bertz CT molecular complexity index is 735. The van der Waals surface area contributed by atoms with E-state index in [4.69, 9.17) is 0 Å². The number of hydrogen-bond donors (Lipinski definition) is 0. The van der Waals surface area contributed by atoms with Crippen LogP contribution >= 0.6 is 11.5 Å². The number of anilines is 1. The monoisotopic (exact) mass is 330 g/mol. The molecule has 0 saturated carbocycles. The first-order valence-corrected chi connectivity index (χ1v) is 8.44. The van der Waals surface area contributed by atoms with Gasteiger partial charge >= 0.3 is 0 Å². The Morgan fingerprint density at radius 2 is 2.26 bits per heavy atom. The molecule has 0 unspecified atom stereocenters. The molecule has 7 nitrogen and oxygen atoms in total. The Hall–Kier alpha value is -2.09. The second-order valence-corrected chi connectivity index (χ2v) is 7.48. The molecule has 0 aromatic carbocycles. The zero-order chi connectivity index (χ0) is 16.0. The van der Waals surface area contributed by atoms with E-state index in [1.54, 1.807) is 12.4 Å². The number of likely N-dealkylation sites (tertiary alicyclic amines) is 1. The zero-order valence-electron chi connectivity index (χ0n) is 13.1.